The van der Waals surface area contributed by atoms with Crippen LogP contribution in [0.25, 0.3) is 11.0 Å². The third kappa shape index (κ3) is 4.03. The second kappa shape index (κ2) is 7.02. The number of hydrogen-bond donors (Lipinski definition) is 1. The standard InChI is InChI=1S/C17H20N2O3S/c1-11(12(2)9-20)8-17(3,10-21)23-16-18-14-6-5-13(22-4)7-15(14)19-16/h5-7,10-11H,8H2,1-4H3,(H,18,19). The first-order valence-electron chi connectivity index (χ1n) is 7.31. The molecule has 2 unspecified atom stereocenters. The molecule has 1 heterocycles. The number of aromatic nitrogens is 2. The van der Waals surface area contributed by atoms with E-state index in [1.807, 2.05) is 38.0 Å². The van der Waals surface area contributed by atoms with Gasteiger partial charge in [-0.15, -0.1) is 0 Å². The van der Waals surface area contributed by atoms with E-state index in [9.17, 15) is 9.59 Å². The first-order chi connectivity index (χ1) is 10.9. The van der Waals surface area contributed by atoms with Crippen molar-refractivity contribution in [3.05, 3.63) is 23.8 Å². The summed E-state index contributed by atoms with van der Waals surface area (Å²) < 4.78 is 4.52. The summed E-state index contributed by atoms with van der Waals surface area (Å²) in [6, 6.07) is 5.58. The van der Waals surface area contributed by atoms with Gasteiger partial charge in [-0.1, -0.05) is 18.7 Å². The zero-order valence-electron chi connectivity index (χ0n) is 13.7. The van der Waals surface area contributed by atoms with E-state index < -0.39 is 4.75 Å². The highest BCUT2D eigenvalue weighted by Crippen LogP contribution is 2.37. The minimum absolute atomic E-state index is 0.0142. The lowest BCUT2D eigenvalue weighted by molar-refractivity contribution is -0.109. The van der Waals surface area contributed by atoms with Gasteiger partial charge in [0.25, 0.3) is 0 Å². The maximum atomic E-state index is 11.6. The number of benzene rings is 1. The molecule has 0 aliphatic carbocycles. The summed E-state index contributed by atoms with van der Waals surface area (Å²) in [6.45, 7) is 5.51. The second-order valence-electron chi connectivity index (χ2n) is 5.85. The summed E-state index contributed by atoms with van der Waals surface area (Å²) in [6.07, 6.45) is 1.46. The third-order valence-electron chi connectivity index (χ3n) is 3.86. The van der Waals surface area contributed by atoms with Crippen molar-refractivity contribution in [2.75, 3.05) is 7.11 Å². The van der Waals surface area contributed by atoms with Gasteiger partial charge in [-0.2, -0.15) is 0 Å². The summed E-state index contributed by atoms with van der Waals surface area (Å²) in [7, 11) is 1.61. The van der Waals surface area contributed by atoms with Gasteiger partial charge >= 0.3 is 0 Å². The molecule has 2 rings (SSSR count). The molecule has 0 saturated heterocycles. The Bertz CT molecular complexity index is 764. The monoisotopic (exact) mass is 332 g/mol. The van der Waals surface area contributed by atoms with E-state index in [0.717, 1.165) is 23.1 Å². The summed E-state index contributed by atoms with van der Waals surface area (Å²) >= 11 is 1.37. The van der Waals surface area contributed by atoms with Crippen molar-refractivity contribution >= 4 is 35.0 Å². The number of imidazole rings is 1. The molecule has 2 atom stereocenters. The van der Waals surface area contributed by atoms with Crippen LogP contribution in [0.5, 0.6) is 5.75 Å². The molecule has 0 spiro atoms. The quantitative estimate of drug-likeness (QED) is 0.478. The number of carbonyl (C=O) groups is 1. The maximum absolute atomic E-state index is 11.6. The molecule has 0 aliphatic rings. The average Bonchev–Trinajstić information content (AvgIpc) is 2.94. The Hall–Kier alpha value is -2.04. The van der Waals surface area contributed by atoms with Crippen molar-refractivity contribution in [3.63, 3.8) is 0 Å². The number of ether oxygens (including phenoxy) is 1. The molecule has 0 saturated carbocycles. The number of H-pyrrole nitrogens is 1. The number of thioether (sulfide) groups is 1. The molecule has 1 aromatic heterocycles. The highest BCUT2D eigenvalue weighted by atomic mass is 32.2. The molecule has 122 valence electrons. The van der Waals surface area contributed by atoms with Gasteiger partial charge in [0.2, 0.25) is 0 Å². The molecular formula is C17H20N2O3S. The first-order valence-corrected chi connectivity index (χ1v) is 8.13. The van der Waals surface area contributed by atoms with E-state index in [4.69, 9.17) is 4.74 Å². The molecule has 23 heavy (non-hydrogen) atoms. The van der Waals surface area contributed by atoms with Crippen molar-refractivity contribution in [1.29, 1.82) is 0 Å². The second-order valence-corrected chi connectivity index (χ2v) is 7.37. The fraction of sp³-hybridized carbons (Fsp3) is 0.412. The lowest BCUT2D eigenvalue weighted by atomic mass is 9.92. The average molecular weight is 332 g/mol. The normalized spacial score (nSPS) is 14.8. The molecule has 5 nitrogen and oxygen atoms in total. The molecule has 1 N–H and O–H groups in total. The number of rotatable bonds is 7. The molecule has 6 heteroatoms. The number of allylic oxidation sites excluding steroid dienone is 1. The van der Waals surface area contributed by atoms with Crippen LogP contribution >= 0.6 is 11.8 Å². The van der Waals surface area contributed by atoms with Crippen molar-refractivity contribution < 1.29 is 14.3 Å². The molecule has 2 aromatic rings. The Morgan fingerprint density at radius 3 is 2.91 bits per heavy atom. The van der Waals surface area contributed by atoms with Crippen LogP contribution < -0.4 is 4.74 Å². The number of methoxy groups -OCH3 is 1. The van der Waals surface area contributed by atoms with E-state index in [1.165, 1.54) is 11.8 Å². The molecule has 0 amide bonds. The van der Waals surface area contributed by atoms with Gasteiger partial charge in [0, 0.05) is 11.6 Å². The zero-order valence-corrected chi connectivity index (χ0v) is 14.5. The molecule has 0 aliphatic heterocycles. The summed E-state index contributed by atoms with van der Waals surface area (Å²) in [5, 5.41) is 0.669. The maximum Gasteiger partial charge on any atom is 0.167 e. The number of nitrogens with zero attached hydrogens (tertiary/aromatic N) is 1. The van der Waals surface area contributed by atoms with Crippen LogP contribution in [0.3, 0.4) is 0 Å². The summed E-state index contributed by atoms with van der Waals surface area (Å²) in [5.74, 6) is 2.65. The molecule has 0 radical (unpaired) electrons. The van der Waals surface area contributed by atoms with Crippen LogP contribution in [0.4, 0.5) is 0 Å². The van der Waals surface area contributed by atoms with Crippen molar-refractivity contribution in [3.8, 4) is 5.75 Å². The van der Waals surface area contributed by atoms with E-state index in [2.05, 4.69) is 9.97 Å². The van der Waals surface area contributed by atoms with Gasteiger partial charge < -0.3 is 14.5 Å². The zero-order chi connectivity index (χ0) is 17.0. The van der Waals surface area contributed by atoms with Gasteiger partial charge in [-0.25, -0.2) is 9.78 Å². The number of carbonyl (C=O) groups excluding carboxylic acids is 2. The highest BCUT2D eigenvalue weighted by Gasteiger charge is 2.30. The predicted molar refractivity (Wildman–Crippen MR) is 91.6 cm³/mol. The minimum atomic E-state index is -0.671. The lowest BCUT2D eigenvalue weighted by Crippen LogP contribution is -2.25. The fourth-order valence-electron chi connectivity index (χ4n) is 2.34. The number of fused-ring (bicyclic) bond motifs is 1. The van der Waals surface area contributed by atoms with Crippen LogP contribution in [0.2, 0.25) is 0 Å². The largest absolute Gasteiger partial charge is 0.497 e. The van der Waals surface area contributed by atoms with Crippen molar-refractivity contribution in [2.24, 2.45) is 5.92 Å². The summed E-state index contributed by atoms with van der Waals surface area (Å²) in [5.41, 5.74) is 2.30. The van der Waals surface area contributed by atoms with Crippen LogP contribution in [0.1, 0.15) is 27.2 Å². The lowest BCUT2D eigenvalue weighted by Gasteiger charge is -2.24. The first kappa shape index (κ1) is 17.3. The van der Waals surface area contributed by atoms with Crippen LogP contribution in [0.15, 0.2) is 28.9 Å². The number of hydrogen-bond acceptors (Lipinski definition) is 5. The van der Waals surface area contributed by atoms with Gasteiger partial charge in [-0.3, -0.25) is 0 Å². The smallest absolute Gasteiger partial charge is 0.167 e. The Kier molecular flexibility index (Phi) is 5.29. The van der Waals surface area contributed by atoms with Crippen LogP contribution in [0, 0.1) is 5.92 Å². The topological polar surface area (TPSA) is 72.0 Å². The SMILES string of the molecule is COc1ccc2nc(SC(C)(C=O)CC(C)C(C)=C=O)[nH]c2c1. The Labute approximate surface area is 139 Å². The predicted octanol–water partition coefficient (Wildman–Crippen LogP) is 3.43. The van der Waals surface area contributed by atoms with Crippen molar-refractivity contribution in [1.82, 2.24) is 9.97 Å². The Balaban J connectivity index is 2.23. The summed E-state index contributed by atoms with van der Waals surface area (Å²) in [4.78, 5) is 30.1. The van der Waals surface area contributed by atoms with E-state index in [-0.39, 0.29) is 5.92 Å². The van der Waals surface area contributed by atoms with Gasteiger partial charge in [0.15, 0.2) is 5.16 Å². The third-order valence-corrected chi connectivity index (χ3v) is 4.97. The Morgan fingerprint density at radius 2 is 2.30 bits per heavy atom. The minimum Gasteiger partial charge on any atom is -0.497 e. The Morgan fingerprint density at radius 1 is 1.57 bits per heavy atom. The number of aromatic amines is 1. The van der Waals surface area contributed by atoms with Crippen LogP contribution in [-0.4, -0.2) is 34.1 Å². The molecule has 1 aromatic carbocycles. The van der Waals surface area contributed by atoms with Crippen LogP contribution in [-0.2, 0) is 9.59 Å². The van der Waals surface area contributed by atoms with Crippen molar-refractivity contribution in [2.45, 2.75) is 37.1 Å². The van der Waals surface area contributed by atoms with Gasteiger partial charge in [0.05, 0.1) is 22.9 Å². The number of aldehydes is 1. The number of nitrogens with one attached hydrogen (secondary N) is 1. The molecular weight excluding hydrogens is 312 g/mol. The van der Waals surface area contributed by atoms with Gasteiger partial charge in [0.1, 0.15) is 18.0 Å². The molecule has 0 bridgehead atoms. The molecule has 0 fully saturated rings. The van der Waals surface area contributed by atoms with E-state index >= 15 is 0 Å². The van der Waals surface area contributed by atoms with E-state index in [0.29, 0.717) is 17.2 Å². The van der Waals surface area contributed by atoms with E-state index in [1.54, 1.807) is 14.0 Å². The fourth-order valence-corrected chi connectivity index (χ4v) is 3.47. The highest BCUT2D eigenvalue weighted by molar-refractivity contribution is 8.01. The van der Waals surface area contributed by atoms with Gasteiger partial charge in [-0.05, 0) is 38.3 Å².